The highest BCUT2D eigenvalue weighted by atomic mass is 16.2. The minimum absolute atomic E-state index is 0.189. The first kappa shape index (κ1) is 10.2. The largest absolute Gasteiger partial charge is 0.330 e. The summed E-state index contributed by atoms with van der Waals surface area (Å²) < 4.78 is 0. The Morgan fingerprint density at radius 3 is 2.60 bits per heavy atom. The second kappa shape index (κ2) is 4.03. The van der Waals surface area contributed by atoms with Crippen LogP contribution in [0, 0.1) is 12.8 Å². The van der Waals surface area contributed by atoms with Crippen molar-refractivity contribution in [2.45, 2.75) is 13.3 Å². The molecule has 0 saturated carbocycles. The first-order valence-electron chi connectivity index (χ1n) is 5.28. The maximum atomic E-state index is 11.7. The summed E-state index contributed by atoms with van der Waals surface area (Å²) in [6.45, 7) is 3.39. The number of anilines is 1. The molecule has 2 rings (SSSR count). The first-order chi connectivity index (χ1) is 7.20. The van der Waals surface area contributed by atoms with Gasteiger partial charge in [0.05, 0.1) is 0 Å². The third-order valence-electron chi connectivity index (χ3n) is 2.88. The SMILES string of the molecule is Cc1ccc(N2CC(CN)CC2=O)cc1. The number of nitrogens with two attached hydrogens (primary N) is 1. The fourth-order valence-corrected chi connectivity index (χ4v) is 1.91. The molecule has 0 spiro atoms. The molecule has 1 heterocycles. The van der Waals surface area contributed by atoms with Crippen molar-refractivity contribution in [3.63, 3.8) is 0 Å². The van der Waals surface area contributed by atoms with Crippen LogP contribution in [0.4, 0.5) is 5.69 Å². The van der Waals surface area contributed by atoms with Gasteiger partial charge < -0.3 is 10.6 Å². The van der Waals surface area contributed by atoms with Gasteiger partial charge in [0.15, 0.2) is 0 Å². The number of benzene rings is 1. The summed E-state index contributed by atoms with van der Waals surface area (Å²) in [5.74, 6) is 0.508. The van der Waals surface area contributed by atoms with E-state index in [1.165, 1.54) is 5.56 Å². The average molecular weight is 204 g/mol. The predicted molar refractivity (Wildman–Crippen MR) is 60.7 cm³/mol. The molecule has 0 bridgehead atoms. The van der Waals surface area contributed by atoms with Crippen LogP contribution in [0.2, 0.25) is 0 Å². The number of rotatable bonds is 2. The molecular weight excluding hydrogens is 188 g/mol. The Labute approximate surface area is 89.9 Å². The molecule has 1 aliphatic rings. The molecule has 3 heteroatoms. The van der Waals surface area contributed by atoms with E-state index in [0.717, 1.165) is 12.2 Å². The van der Waals surface area contributed by atoms with Crippen molar-refractivity contribution in [3.05, 3.63) is 29.8 Å². The molecule has 1 aromatic rings. The van der Waals surface area contributed by atoms with Crippen LogP contribution in [0.25, 0.3) is 0 Å². The number of hydrogen-bond acceptors (Lipinski definition) is 2. The molecule has 2 N–H and O–H groups in total. The van der Waals surface area contributed by atoms with E-state index in [-0.39, 0.29) is 5.91 Å². The molecule has 1 aliphatic heterocycles. The van der Waals surface area contributed by atoms with Crippen molar-refractivity contribution in [2.75, 3.05) is 18.0 Å². The smallest absolute Gasteiger partial charge is 0.227 e. The topological polar surface area (TPSA) is 46.3 Å². The van der Waals surface area contributed by atoms with Crippen LogP contribution >= 0.6 is 0 Å². The van der Waals surface area contributed by atoms with E-state index in [4.69, 9.17) is 5.73 Å². The highest BCUT2D eigenvalue weighted by molar-refractivity contribution is 5.95. The van der Waals surface area contributed by atoms with Crippen molar-refractivity contribution >= 4 is 11.6 Å². The molecule has 15 heavy (non-hydrogen) atoms. The van der Waals surface area contributed by atoms with E-state index < -0.39 is 0 Å². The van der Waals surface area contributed by atoms with Gasteiger partial charge in [0, 0.05) is 18.7 Å². The Morgan fingerprint density at radius 2 is 2.07 bits per heavy atom. The van der Waals surface area contributed by atoms with Crippen LogP contribution in [0.3, 0.4) is 0 Å². The zero-order valence-corrected chi connectivity index (χ0v) is 8.94. The molecular formula is C12H16N2O. The van der Waals surface area contributed by atoms with Crippen molar-refractivity contribution < 1.29 is 4.79 Å². The molecule has 0 radical (unpaired) electrons. The summed E-state index contributed by atoms with van der Waals surface area (Å²) in [7, 11) is 0. The summed E-state index contributed by atoms with van der Waals surface area (Å²) in [6.07, 6.45) is 0.588. The van der Waals surface area contributed by atoms with E-state index in [0.29, 0.717) is 18.9 Å². The minimum atomic E-state index is 0.189. The third-order valence-corrected chi connectivity index (χ3v) is 2.88. The maximum Gasteiger partial charge on any atom is 0.227 e. The number of amides is 1. The molecule has 80 valence electrons. The molecule has 3 nitrogen and oxygen atoms in total. The molecule has 0 aliphatic carbocycles. The molecule has 1 atom stereocenters. The number of hydrogen-bond donors (Lipinski definition) is 1. The van der Waals surface area contributed by atoms with Crippen LogP contribution < -0.4 is 10.6 Å². The fourth-order valence-electron chi connectivity index (χ4n) is 1.91. The van der Waals surface area contributed by atoms with Crippen LogP contribution in [-0.4, -0.2) is 19.0 Å². The van der Waals surface area contributed by atoms with Crippen LogP contribution in [0.15, 0.2) is 24.3 Å². The van der Waals surface area contributed by atoms with Crippen molar-refractivity contribution in [2.24, 2.45) is 11.7 Å². The lowest BCUT2D eigenvalue weighted by atomic mass is 10.1. The Morgan fingerprint density at radius 1 is 1.40 bits per heavy atom. The molecule has 1 amide bonds. The second-order valence-electron chi connectivity index (χ2n) is 4.15. The van der Waals surface area contributed by atoms with E-state index in [1.807, 2.05) is 36.1 Å². The molecule has 1 aromatic carbocycles. The van der Waals surface area contributed by atoms with Crippen LogP contribution in [0.1, 0.15) is 12.0 Å². The first-order valence-corrected chi connectivity index (χ1v) is 5.28. The predicted octanol–water partition coefficient (Wildman–Crippen LogP) is 1.31. The van der Waals surface area contributed by atoms with Crippen molar-refractivity contribution in [1.82, 2.24) is 0 Å². The quantitative estimate of drug-likeness (QED) is 0.789. The molecule has 1 fully saturated rings. The van der Waals surface area contributed by atoms with Crippen LogP contribution in [-0.2, 0) is 4.79 Å². The van der Waals surface area contributed by atoms with Crippen molar-refractivity contribution in [3.8, 4) is 0 Å². The van der Waals surface area contributed by atoms with Gasteiger partial charge >= 0.3 is 0 Å². The number of aryl methyl sites for hydroxylation is 1. The van der Waals surface area contributed by atoms with E-state index in [1.54, 1.807) is 0 Å². The zero-order chi connectivity index (χ0) is 10.8. The minimum Gasteiger partial charge on any atom is -0.330 e. The van der Waals surface area contributed by atoms with E-state index >= 15 is 0 Å². The normalized spacial score (nSPS) is 21.1. The Kier molecular flexibility index (Phi) is 2.73. The summed E-state index contributed by atoms with van der Waals surface area (Å²) in [5.41, 5.74) is 7.78. The van der Waals surface area contributed by atoms with Gasteiger partial charge in [0.2, 0.25) is 5.91 Å². The highest BCUT2D eigenvalue weighted by Crippen LogP contribution is 2.24. The lowest BCUT2D eigenvalue weighted by Gasteiger charge is -2.16. The highest BCUT2D eigenvalue weighted by Gasteiger charge is 2.29. The lowest BCUT2D eigenvalue weighted by Crippen LogP contribution is -2.25. The zero-order valence-electron chi connectivity index (χ0n) is 8.94. The summed E-state index contributed by atoms with van der Waals surface area (Å²) in [4.78, 5) is 13.5. The second-order valence-corrected chi connectivity index (χ2v) is 4.15. The maximum absolute atomic E-state index is 11.7. The number of nitrogens with zero attached hydrogens (tertiary/aromatic N) is 1. The van der Waals surface area contributed by atoms with Gasteiger partial charge in [0.25, 0.3) is 0 Å². The van der Waals surface area contributed by atoms with Gasteiger partial charge in [0.1, 0.15) is 0 Å². The lowest BCUT2D eigenvalue weighted by molar-refractivity contribution is -0.117. The Balaban J connectivity index is 2.18. The fraction of sp³-hybridized carbons (Fsp3) is 0.417. The van der Waals surface area contributed by atoms with Gasteiger partial charge in [-0.1, -0.05) is 17.7 Å². The summed E-state index contributed by atoms with van der Waals surface area (Å²) in [6, 6.07) is 8.04. The third kappa shape index (κ3) is 2.02. The number of carbonyl (C=O) groups is 1. The van der Waals surface area contributed by atoms with Crippen molar-refractivity contribution in [1.29, 1.82) is 0 Å². The Bertz CT molecular complexity index is 358. The molecule has 1 unspecified atom stereocenters. The summed E-state index contributed by atoms with van der Waals surface area (Å²) in [5, 5.41) is 0. The monoisotopic (exact) mass is 204 g/mol. The molecule has 1 saturated heterocycles. The number of carbonyl (C=O) groups excluding carboxylic acids is 1. The van der Waals surface area contributed by atoms with Gasteiger partial charge in [-0.25, -0.2) is 0 Å². The molecule has 0 aromatic heterocycles. The van der Waals surface area contributed by atoms with Gasteiger partial charge in [-0.2, -0.15) is 0 Å². The van der Waals surface area contributed by atoms with Gasteiger partial charge in [-0.3, -0.25) is 4.79 Å². The average Bonchev–Trinajstić information content (AvgIpc) is 2.61. The van der Waals surface area contributed by atoms with Gasteiger partial charge in [-0.05, 0) is 31.5 Å². The van der Waals surface area contributed by atoms with E-state index in [9.17, 15) is 4.79 Å². The Hall–Kier alpha value is -1.35. The van der Waals surface area contributed by atoms with E-state index in [2.05, 4.69) is 0 Å². The van der Waals surface area contributed by atoms with Crippen LogP contribution in [0.5, 0.6) is 0 Å². The summed E-state index contributed by atoms with van der Waals surface area (Å²) >= 11 is 0. The standard InChI is InChI=1S/C12H16N2O/c1-9-2-4-11(5-3-9)14-8-10(7-13)6-12(14)15/h2-5,10H,6-8,13H2,1H3. The van der Waals surface area contributed by atoms with Gasteiger partial charge in [-0.15, -0.1) is 0 Å².